The van der Waals surface area contributed by atoms with Gasteiger partial charge >= 0.3 is 5.97 Å². The highest BCUT2D eigenvalue weighted by Crippen LogP contribution is 2.39. The number of halogens is 3. The number of rotatable bonds is 6. The third kappa shape index (κ3) is 4.89. The summed E-state index contributed by atoms with van der Waals surface area (Å²) in [5, 5.41) is 2.96. The molecule has 0 unspecified atom stereocenters. The molecule has 0 saturated heterocycles. The van der Waals surface area contributed by atoms with E-state index in [4.69, 9.17) is 27.9 Å². The summed E-state index contributed by atoms with van der Waals surface area (Å²) in [7, 11) is 0. The van der Waals surface area contributed by atoms with Crippen LogP contribution in [-0.4, -0.2) is 23.4 Å². The summed E-state index contributed by atoms with van der Waals surface area (Å²) in [4.78, 5) is 52.7. The Morgan fingerprint density at radius 3 is 2.29 bits per heavy atom. The van der Waals surface area contributed by atoms with E-state index in [0.29, 0.717) is 11.3 Å². The maximum Gasteiger partial charge on any atom is 0.339 e. The number of hydrogen-bond acceptors (Lipinski definition) is 5. The molecular formula is C26H18BrCl2NO5. The number of cyclic esters (lactones) is 1. The first-order valence-corrected chi connectivity index (χ1v) is 12.0. The molecule has 0 spiro atoms. The Morgan fingerprint density at radius 1 is 0.971 bits per heavy atom. The van der Waals surface area contributed by atoms with Gasteiger partial charge in [-0.3, -0.25) is 14.4 Å². The zero-order chi connectivity index (χ0) is 25.4. The Hall–Kier alpha value is -3.00. The van der Waals surface area contributed by atoms with Crippen molar-refractivity contribution in [1.82, 2.24) is 0 Å². The summed E-state index contributed by atoms with van der Waals surface area (Å²) in [6.07, 6.45) is -1.27. The van der Waals surface area contributed by atoms with Gasteiger partial charge in [-0.25, -0.2) is 4.79 Å². The Morgan fingerprint density at radius 2 is 1.63 bits per heavy atom. The molecule has 35 heavy (non-hydrogen) atoms. The molecule has 2 atom stereocenters. The first-order valence-electron chi connectivity index (χ1n) is 10.5. The second-order valence-corrected chi connectivity index (χ2v) is 9.85. The number of carbonyl (C=O) groups is 4. The van der Waals surface area contributed by atoms with Gasteiger partial charge in [-0.2, -0.15) is 0 Å². The van der Waals surface area contributed by atoms with E-state index in [-0.39, 0.29) is 21.2 Å². The van der Waals surface area contributed by atoms with E-state index in [0.717, 1.165) is 15.6 Å². The number of hydrogen-bond donors (Lipinski definition) is 1. The van der Waals surface area contributed by atoms with E-state index < -0.39 is 35.5 Å². The molecule has 0 fully saturated rings. The fourth-order valence-corrected chi connectivity index (χ4v) is 5.05. The largest absolute Gasteiger partial charge is 0.453 e. The van der Waals surface area contributed by atoms with Gasteiger partial charge in [-0.1, -0.05) is 57.3 Å². The summed E-state index contributed by atoms with van der Waals surface area (Å²) < 4.78 is 6.27. The number of Topliss-reactive ketones (excluding diaryl/α,β-unsaturated/α-hetero) is 2. The van der Waals surface area contributed by atoms with Crippen molar-refractivity contribution < 1.29 is 23.9 Å². The van der Waals surface area contributed by atoms with Crippen LogP contribution >= 0.6 is 39.1 Å². The van der Waals surface area contributed by atoms with Crippen molar-refractivity contribution in [3.8, 4) is 0 Å². The maximum atomic E-state index is 13.6. The molecule has 6 nitrogen and oxygen atoms in total. The van der Waals surface area contributed by atoms with Crippen LogP contribution < -0.4 is 5.32 Å². The van der Waals surface area contributed by atoms with Crippen molar-refractivity contribution in [3.05, 3.63) is 96.9 Å². The summed E-state index contributed by atoms with van der Waals surface area (Å²) in [6, 6.07) is 14.2. The van der Waals surface area contributed by atoms with E-state index >= 15 is 0 Å². The van der Waals surface area contributed by atoms with Gasteiger partial charge in [0.25, 0.3) is 5.91 Å². The molecule has 3 aromatic carbocycles. The summed E-state index contributed by atoms with van der Waals surface area (Å²) >= 11 is 15.5. The van der Waals surface area contributed by atoms with Gasteiger partial charge < -0.3 is 10.1 Å². The van der Waals surface area contributed by atoms with Crippen molar-refractivity contribution in [2.45, 2.75) is 20.0 Å². The van der Waals surface area contributed by atoms with Crippen LogP contribution in [0, 0.1) is 19.8 Å². The first-order chi connectivity index (χ1) is 16.6. The Bertz CT molecular complexity index is 1380. The molecule has 0 bridgehead atoms. The molecule has 0 aliphatic carbocycles. The smallest absolute Gasteiger partial charge is 0.339 e. The average Bonchev–Trinajstić information content (AvgIpc) is 3.14. The van der Waals surface area contributed by atoms with Gasteiger partial charge in [0, 0.05) is 21.3 Å². The lowest BCUT2D eigenvalue weighted by Crippen LogP contribution is -2.38. The zero-order valence-electron chi connectivity index (χ0n) is 18.5. The number of esters is 1. The van der Waals surface area contributed by atoms with Crippen LogP contribution in [0.5, 0.6) is 0 Å². The van der Waals surface area contributed by atoms with Gasteiger partial charge in [0.05, 0.1) is 15.6 Å². The van der Waals surface area contributed by atoms with E-state index in [1.165, 1.54) is 24.3 Å². The number of carbonyl (C=O) groups excluding carboxylic acids is 4. The summed E-state index contributed by atoms with van der Waals surface area (Å²) in [5.41, 5.74) is 2.55. The number of anilines is 1. The van der Waals surface area contributed by atoms with Crippen LogP contribution in [-0.2, 0) is 14.3 Å². The van der Waals surface area contributed by atoms with Crippen LogP contribution in [0.4, 0.5) is 5.69 Å². The number of ether oxygens (including phenoxy) is 1. The molecule has 0 radical (unpaired) electrons. The number of aryl methyl sites for hydroxylation is 2. The molecule has 1 aliphatic rings. The van der Waals surface area contributed by atoms with Crippen molar-refractivity contribution in [1.29, 1.82) is 0 Å². The second kappa shape index (κ2) is 9.93. The highest BCUT2D eigenvalue weighted by Gasteiger charge is 2.46. The van der Waals surface area contributed by atoms with E-state index in [2.05, 4.69) is 21.2 Å². The number of ketones is 2. The second-order valence-electron chi connectivity index (χ2n) is 8.12. The average molecular weight is 575 g/mol. The Labute approximate surface area is 219 Å². The van der Waals surface area contributed by atoms with Crippen LogP contribution in [0.15, 0.2) is 59.1 Å². The lowest BCUT2D eigenvalue weighted by atomic mass is 9.84. The summed E-state index contributed by atoms with van der Waals surface area (Å²) in [6.45, 7) is 3.57. The van der Waals surface area contributed by atoms with Crippen molar-refractivity contribution >= 4 is 68.3 Å². The quantitative estimate of drug-likeness (QED) is 0.162. The first kappa shape index (κ1) is 25.1. The van der Waals surface area contributed by atoms with Gasteiger partial charge in [-0.05, 0) is 61.4 Å². The predicted molar refractivity (Wildman–Crippen MR) is 136 cm³/mol. The highest BCUT2D eigenvalue weighted by atomic mass is 79.9. The van der Waals surface area contributed by atoms with Gasteiger partial charge in [0.15, 0.2) is 5.78 Å². The number of amides is 1. The fourth-order valence-electron chi connectivity index (χ4n) is 4.07. The van der Waals surface area contributed by atoms with E-state index in [1.54, 1.807) is 44.2 Å². The molecule has 178 valence electrons. The summed E-state index contributed by atoms with van der Waals surface area (Å²) in [5.74, 6) is -5.07. The molecule has 1 heterocycles. The van der Waals surface area contributed by atoms with Gasteiger partial charge in [-0.15, -0.1) is 0 Å². The third-order valence-corrected chi connectivity index (χ3v) is 6.95. The molecule has 3 aromatic rings. The fraction of sp³-hybridized carbons (Fsp3) is 0.154. The molecule has 1 N–H and O–H groups in total. The van der Waals surface area contributed by atoms with Crippen molar-refractivity contribution in [2.24, 2.45) is 5.92 Å². The van der Waals surface area contributed by atoms with E-state index in [9.17, 15) is 19.2 Å². The number of nitrogens with one attached hydrogen (secondary N) is 1. The van der Waals surface area contributed by atoms with Crippen LogP contribution in [0.3, 0.4) is 0 Å². The standard InChI is InChI=1S/C26H18BrCl2NO5/c1-12-9-15(27)10-13(2)21(12)30-25(33)23(32)20(22(31)14-7-8-18(28)19(29)11-14)24-16-5-3-4-6-17(16)26(34)35-24/h3-11,20,24H,1-2H3,(H,30,33)/t20-,24+/m0/s1. The molecule has 1 amide bonds. The van der Waals surface area contributed by atoms with Crippen molar-refractivity contribution in [2.75, 3.05) is 5.32 Å². The minimum Gasteiger partial charge on any atom is -0.453 e. The van der Waals surface area contributed by atoms with Crippen LogP contribution in [0.2, 0.25) is 10.0 Å². The molecule has 9 heteroatoms. The lowest BCUT2D eigenvalue weighted by molar-refractivity contribution is -0.138. The molecule has 1 aliphatic heterocycles. The van der Waals surface area contributed by atoms with Crippen LogP contribution in [0.1, 0.15) is 43.5 Å². The van der Waals surface area contributed by atoms with Crippen LogP contribution in [0.25, 0.3) is 0 Å². The molecule has 0 saturated carbocycles. The lowest BCUT2D eigenvalue weighted by Gasteiger charge is -2.21. The highest BCUT2D eigenvalue weighted by molar-refractivity contribution is 9.10. The van der Waals surface area contributed by atoms with Crippen molar-refractivity contribution in [3.63, 3.8) is 0 Å². The monoisotopic (exact) mass is 573 g/mol. The molecular weight excluding hydrogens is 557 g/mol. The Kier molecular flexibility index (Phi) is 7.12. The van der Waals surface area contributed by atoms with E-state index in [1.807, 2.05) is 0 Å². The predicted octanol–water partition coefficient (Wildman–Crippen LogP) is 6.29. The minimum atomic E-state index is -1.63. The topological polar surface area (TPSA) is 89.5 Å². The zero-order valence-corrected chi connectivity index (χ0v) is 21.6. The molecule has 0 aromatic heterocycles. The number of benzene rings is 3. The van der Waals surface area contributed by atoms with Gasteiger partial charge in [0.1, 0.15) is 12.0 Å². The minimum absolute atomic E-state index is 0.0574. The normalized spacial score (nSPS) is 15.2. The Balaban J connectivity index is 1.75. The van der Waals surface area contributed by atoms with Gasteiger partial charge in [0.2, 0.25) is 5.78 Å². The maximum absolute atomic E-state index is 13.6. The third-order valence-electron chi connectivity index (χ3n) is 5.75. The molecule has 4 rings (SSSR count). The number of fused-ring (bicyclic) bond motifs is 1. The SMILES string of the molecule is Cc1cc(Br)cc(C)c1NC(=O)C(=O)[C@H](C(=O)c1ccc(Cl)c(Cl)c1)[C@@H]1OC(=O)c2ccccc21.